The molecule has 0 radical (unpaired) electrons. The van der Waals surface area contributed by atoms with E-state index in [2.05, 4.69) is 30.5 Å². The van der Waals surface area contributed by atoms with Crippen molar-refractivity contribution in [3.05, 3.63) is 108 Å². The Hall–Kier alpha value is -5.15. The first-order valence-corrected chi connectivity index (χ1v) is 13.4. The maximum absolute atomic E-state index is 13.7. The Morgan fingerprint density at radius 1 is 0.900 bits per heavy atom. The molecule has 0 atom stereocenters. The zero-order chi connectivity index (χ0) is 27.1. The second-order valence-corrected chi connectivity index (χ2v) is 10.4. The fourth-order valence-corrected chi connectivity index (χ4v) is 5.64. The van der Waals surface area contributed by atoms with Gasteiger partial charge in [-0.15, -0.1) is 11.3 Å². The largest absolute Gasteiger partial charge is 0.353 e. The molecule has 0 aliphatic heterocycles. The summed E-state index contributed by atoms with van der Waals surface area (Å²) in [4.78, 5) is 25.8. The molecular formula is C31H21FN6OS. The minimum absolute atomic E-state index is 0.117. The lowest BCUT2D eigenvalue weighted by molar-refractivity contribution is -0.115. The summed E-state index contributed by atoms with van der Waals surface area (Å²) < 4.78 is 13.7. The molecule has 3 N–H and O–H groups in total. The van der Waals surface area contributed by atoms with Gasteiger partial charge in [0.25, 0.3) is 0 Å². The third-order valence-electron chi connectivity index (χ3n) is 6.73. The van der Waals surface area contributed by atoms with Gasteiger partial charge < -0.3 is 10.3 Å². The molecule has 0 spiro atoms. The predicted molar refractivity (Wildman–Crippen MR) is 156 cm³/mol. The molecular weight excluding hydrogens is 523 g/mol. The number of fused-ring (bicyclic) bond motifs is 2. The fraction of sp³-hybridized carbons (Fsp3) is 0.0323. The first-order chi connectivity index (χ1) is 19.6. The summed E-state index contributed by atoms with van der Waals surface area (Å²) in [5.74, 6) is -0.117. The monoisotopic (exact) mass is 544 g/mol. The Labute approximate surface area is 231 Å². The summed E-state index contributed by atoms with van der Waals surface area (Å²) in [6.07, 6.45) is 5.36. The highest BCUT2D eigenvalue weighted by Crippen LogP contribution is 2.37. The molecule has 194 valence electrons. The van der Waals surface area contributed by atoms with Crippen LogP contribution in [0.3, 0.4) is 0 Å². The SMILES string of the molecule is O=C(Cc1ccccc1)Nc1cncc(-c2cc3c(-c4cc5c(-c6ccc(F)s6)cccc5[nH]4)n[nH]c3cn2)c1. The summed E-state index contributed by atoms with van der Waals surface area (Å²) in [5, 5.41) is 12.2. The Balaban J connectivity index is 1.21. The van der Waals surface area contributed by atoms with Crippen molar-refractivity contribution in [1.82, 2.24) is 25.1 Å². The van der Waals surface area contributed by atoms with Crippen molar-refractivity contribution in [3.63, 3.8) is 0 Å². The van der Waals surface area contributed by atoms with Crippen LogP contribution in [-0.4, -0.2) is 31.1 Å². The number of thiophene rings is 1. The highest BCUT2D eigenvalue weighted by molar-refractivity contribution is 7.14. The van der Waals surface area contributed by atoms with Gasteiger partial charge in [-0.3, -0.25) is 19.9 Å². The minimum Gasteiger partial charge on any atom is -0.353 e. The number of anilines is 1. The van der Waals surface area contributed by atoms with E-state index < -0.39 is 0 Å². The molecule has 0 unspecified atom stereocenters. The van der Waals surface area contributed by atoms with Crippen molar-refractivity contribution in [2.75, 3.05) is 5.32 Å². The zero-order valence-corrected chi connectivity index (χ0v) is 21.8. The minimum atomic E-state index is -0.213. The number of aromatic nitrogens is 5. The third-order valence-corrected chi connectivity index (χ3v) is 7.64. The number of halogens is 1. The number of pyridine rings is 2. The number of carbonyl (C=O) groups is 1. The molecule has 1 amide bonds. The van der Waals surface area contributed by atoms with Gasteiger partial charge in [0.1, 0.15) is 5.69 Å². The van der Waals surface area contributed by atoms with Gasteiger partial charge >= 0.3 is 0 Å². The maximum atomic E-state index is 13.7. The third kappa shape index (κ3) is 4.52. The van der Waals surface area contributed by atoms with E-state index in [1.807, 2.05) is 66.7 Å². The maximum Gasteiger partial charge on any atom is 0.228 e. The van der Waals surface area contributed by atoms with Gasteiger partial charge in [-0.2, -0.15) is 9.49 Å². The molecule has 0 saturated heterocycles. The number of nitrogens with one attached hydrogen (secondary N) is 3. The van der Waals surface area contributed by atoms with Crippen molar-refractivity contribution in [2.45, 2.75) is 6.42 Å². The molecule has 0 fully saturated rings. The van der Waals surface area contributed by atoms with Gasteiger partial charge in [-0.1, -0.05) is 42.5 Å². The number of nitrogens with zero attached hydrogens (tertiary/aromatic N) is 3. The van der Waals surface area contributed by atoms with Crippen molar-refractivity contribution in [3.8, 4) is 33.1 Å². The van der Waals surface area contributed by atoms with E-state index in [1.165, 1.54) is 6.07 Å². The molecule has 0 saturated carbocycles. The van der Waals surface area contributed by atoms with Crippen LogP contribution in [0.2, 0.25) is 0 Å². The van der Waals surface area contributed by atoms with E-state index in [9.17, 15) is 9.18 Å². The van der Waals surface area contributed by atoms with E-state index in [1.54, 1.807) is 24.7 Å². The van der Waals surface area contributed by atoms with E-state index in [0.29, 0.717) is 11.4 Å². The van der Waals surface area contributed by atoms with Gasteiger partial charge in [0.05, 0.1) is 41.4 Å². The van der Waals surface area contributed by atoms with Crippen LogP contribution in [-0.2, 0) is 11.2 Å². The van der Waals surface area contributed by atoms with Crippen molar-refractivity contribution in [2.24, 2.45) is 0 Å². The number of aromatic amines is 2. The number of amides is 1. The number of rotatable bonds is 6. The van der Waals surface area contributed by atoms with Crippen molar-refractivity contribution < 1.29 is 9.18 Å². The summed E-state index contributed by atoms with van der Waals surface area (Å²) >= 11 is 1.13. The molecule has 5 heterocycles. The smallest absolute Gasteiger partial charge is 0.228 e. The fourth-order valence-electron chi connectivity index (χ4n) is 4.87. The van der Waals surface area contributed by atoms with Gasteiger partial charge in [0, 0.05) is 38.5 Å². The van der Waals surface area contributed by atoms with E-state index >= 15 is 0 Å². The molecule has 7 rings (SSSR count). The molecule has 0 aliphatic rings. The number of H-pyrrole nitrogens is 2. The standard InChI is InChI=1S/C31H21FN6OS/c32-29-10-9-28(40-29)21-7-4-8-24-22(21)13-26(36-24)31-23-14-25(34-17-27(23)37-38-31)19-12-20(16-33-15-19)35-30(39)11-18-5-2-1-3-6-18/h1-10,12-17,36H,11H2,(H,35,39)(H,37,38). The van der Waals surface area contributed by atoms with E-state index in [0.717, 1.165) is 66.1 Å². The Morgan fingerprint density at radius 3 is 2.65 bits per heavy atom. The summed E-state index contributed by atoms with van der Waals surface area (Å²) in [6.45, 7) is 0. The van der Waals surface area contributed by atoms with Crippen LogP contribution >= 0.6 is 11.3 Å². The second kappa shape index (κ2) is 9.87. The summed E-state index contributed by atoms with van der Waals surface area (Å²) in [6, 6.07) is 24.7. The van der Waals surface area contributed by atoms with E-state index in [4.69, 9.17) is 0 Å². The van der Waals surface area contributed by atoms with Crippen LogP contribution in [0.4, 0.5) is 10.1 Å². The second-order valence-electron chi connectivity index (χ2n) is 9.41. The molecule has 7 nitrogen and oxygen atoms in total. The van der Waals surface area contributed by atoms with Crippen molar-refractivity contribution >= 4 is 44.7 Å². The van der Waals surface area contributed by atoms with Crippen molar-refractivity contribution in [1.29, 1.82) is 0 Å². The molecule has 7 aromatic rings. The lowest BCUT2D eigenvalue weighted by Crippen LogP contribution is -2.14. The lowest BCUT2D eigenvalue weighted by Gasteiger charge is -2.07. The summed E-state index contributed by atoms with van der Waals surface area (Å²) in [7, 11) is 0. The van der Waals surface area contributed by atoms with Crippen LogP contribution in [0, 0.1) is 5.13 Å². The van der Waals surface area contributed by atoms with Crippen LogP contribution in [0.25, 0.3) is 54.9 Å². The average Bonchev–Trinajstić information content (AvgIpc) is 3.71. The normalized spacial score (nSPS) is 11.3. The number of carbonyl (C=O) groups excluding carboxylic acids is 1. The average molecular weight is 545 g/mol. The van der Waals surface area contributed by atoms with Crippen LogP contribution < -0.4 is 5.32 Å². The zero-order valence-electron chi connectivity index (χ0n) is 21.0. The molecule has 0 aliphatic carbocycles. The highest BCUT2D eigenvalue weighted by Gasteiger charge is 2.16. The Kier molecular flexibility index (Phi) is 5.90. The van der Waals surface area contributed by atoms with Gasteiger partial charge in [0.15, 0.2) is 5.13 Å². The molecule has 9 heteroatoms. The van der Waals surface area contributed by atoms with Gasteiger partial charge in [-0.25, -0.2) is 0 Å². The Bertz CT molecular complexity index is 2010. The highest BCUT2D eigenvalue weighted by atomic mass is 32.1. The quantitative estimate of drug-likeness (QED) is 0.206. The molecule has 2 aromatic carbocycles. The van der Waals surface area contributed by atoms with E-state index in [-0.39, 0.29) is 17.5 Å². The number of hydrogen-bond acceptors (Lipinski definition) is 5. The topological polar surface area (TPSA) is 99.4 Å². The molecule has 40 heavy (non-hydrogen) atoms. The first kappa shape index (κ1) is 23.9. The predicted octanol–water partition coefficient (Wildman–Crippen LogP) is 7.22. The Morgan fingerprint density at radius 2 is 1.80 bits per heavy atom. The van der Waals surface area contributed by atoms with Crippen LogP contribution in [0.5, 0.6) is 0 Å². The molecule has 5 aromatic heterocycles. The van der Waals surface area contributed by atoms with Crippen LogP contribution in [0.15, 0.2) is 97.5 Å². The summed E-state index contributed by atoms with van der Waals surface area (Å²) in [5.41, 5.74) is 7.29. The number of benzene rings is 2. The van der Waals surface area contributed by atoms with Gasteiger partial charge in [0.2, 0.25) is 5.91 Å². The molecule has 0 bridgehead atoms. The van der Waals surface area contributed by atoms with Gasteiger partial charge in [-0.05, 0) is 42.0 Å². The first-order valence-electron chi connectivity index (χ1n) is 12.6. The lowest BCUT2D eigenvalue weighted by atomic mass is 10.1. The number of hydrogen-bond donors (Lipinski definition) is 3. The van der Waals surface area contributed by atoms with Crippen LogP contribution in [0.1, 0.15) is 5.56 Å².